The molecule has 8 heteroatoms. The minimum Gasteiger partial charge on any atom is -0.468 e. The molecule has 3 heterocycles. The van der Waals surface area contributed by atoms with Crippen molar-refractivity contribution in [1.82, 2.24) is 9.78 Å². The molecule has 122 valence electrons. The highest BCUT2D eigenvalue weighted by atomic mass is 79.9. The zero-order valence-corrected chi connectivity index (χ0v) is 14.2. The molecule has 7 nitrogen and oxygen atoms in total. The summed E-state index contributed by atoms with van der Waals surface area (Å²) < 4.78 is 12.3. The molecule has 0 N–H and O–H groups in total. The minimum atomic E-state index is -0.343. The molecule has 1 aliphatic heterocycles. The molecule has 1 aliphatic rings. The number of hydroxylamine groups is 1. The van der Waals surface area contributed by atoms with E-state index < -0.39 is 0 Å². The van der Waals surface area contributed by atoms with E-state index in [9.17, 15) is 4.79 Å². The van der Waals surface area contributed by atoms with Gasteiger partial charge < -0.3 is 14.0 Å². The van der Waals surface area contributed by atoms with Crippen molar-refractivity contribution in [3.8, 4) is 5.75 Å². The van der Waals surface area contributed by atoms with E-state index in [0.717, 1.165) is 16.6 Å². The van der Waals surface area contributed by atoms with Crippen molar-refractivity contribution in [2.75, 3.05) is 12.2 Å². The fraction of sp³-hybridized carbons (Fsp3) is 0.125. The van der Waals surface area contributed by atoms with Gasteiger partial charge in [0.2, 0.25) is 5.75 Å². The van der Waals surface area contributed by atoms with Gasteiger partial charge >= 0.3 is 5.97 Å². The van der Waals surface area contributed by atoms with Crippen LogP contribution in [0.4, 0.5) is 5.69 Å². The van der Waals surface area contributed by atoms with Crippen LogP contribution in [0.1, 0.15) is 5.76 Å². The Labute approximate surface area is 145 Å². The number of ether oxygens (including phenoxy) is 1. The van der Waals surface area contributed by atoms with Crippen LogP contribution in [0.15, 0.2) is 45.7 Å². The van der Waals surface area contributed by atoms with Crippen LogP contribution in [0.3, 0.4) is 0 Å². The van der Waals surface area contributed by atoms with Crippen molar-refractivity contribution >= 4 is 44.6 Å². The summed E-state index contributed by atoms with van der Waals surface area (Å²) in [6, 6.07) is 7.47. The van der Waals surface area contributed by atoms with Crippen LogP contribution in [0, 0.1) is 0 Å². The summed E-state index contributed by atoms with van der Waals surface area (Å²) in [4.78, 5) is 17.2. The van der Waals surface area contributed by atoms with Crippen LogP contribution in [0.25, 0.3) is 17.0 Å². The number of hydrogen-bond acceptors (Lipinski definition) is 6. The molecule has 0 bridgehead atoms. The fourth-order valence-electron chi connectivity index (χ4n) is 2.48. The molecule has 3 aromatic rings. The Hall–Kier alpha value is -2.74. The zero-order valence-electron chi connectivity index (χ0n) is 12.6. The lowest BCUT2D eigenvalue weighted by Gasteiger charge is -2.22. The van der Waals surface area contributed by atoms with Gasteiger partial charge in [0, 0.05) is 23.7 Å². The SMILES string of the molecule is COC(=O)Cn1ncc2cc(N3C=Cc4oc(Br)cc4O3)ccc21. The first-order valence-corrected chi connectivity index (χ1v) is 7.90. The molecular formula is C16H12BrN3O4. The largest absolute Gasteiger partial charge is 0.468 e. The molecule has 0 radical (unpaired) electrons. The number of esters is 1. The molecule has 0 fully saturated rings. The molecule has 0 unspecified atom stereocenters. The summed E-state index contributed by atoms with van der Waals surface area (Å²) in [6.45, 7) is 0.0753. The average Bonchev–Trinajstić information content (AvgIpc) is 3.16. The van der Waals surface area contributed by atoms with Gasteiger partial charge in [-0.3, -0.25) is 9.48 Å². The van der Waals surface area contributed by atoms with Gasteiger partial charge in [-0.1, -0.05) is 0 Å². The Bertz CT molecular complexity index is 960. The van der Waals surface area contributed by atoms with Gasteiger partial charge in [0.1, 0.15) is 6.54 Å². The number of furan rings is 1. The Balaban J connectivity index is 1.63. The molecule has 0 amide bonds. The van der Waals surface area contributed by atoms with E-state index in [1.165, 1.54) is 7.11 Å². The van der Waals surface area contributed by atoms with E-state index in [2.05, 4.69) is 25.8 Å². The van der Waals surface area contributed by atoms with Crippen LogP contribution < -0.4 is 9.90 Å². The third-order valence-electron chi connectivity index (χ3n) is 3.64. The van der Waals surface area contributed by atoms with Gasteiger partial charge in [-0.15, -0.1) is 0 Å². The van der Waals surface area contributed by atoms with Crippen LogP contribution in [-0.2, 0) is 16.1 Å². The van der Waals surface area contributed by atoms with Crippen molar-refractivity contribution in [1.29, 1.82) is 0 Å². The van der Waals surface area contributed by atoms with E-state index in [1.54, 1.807) is 28.2 Å². The quantitative estimate of drug-likeness (QED) is 0.639. The smallest absolute Gasteiger partial charge is 0.327 e. The highest BCUT2D eigenvalue weighted by molar-refractivity contribution is 9.10. The van der Waals surface area contributed by atoms with E-state index in [1.807, 2.05) is 24.3 Å². The lowest BCUT2D eigenvalue weighted by molar-refractivity contribution is -0.141. The first kappa shape index (κ1) is 14.8. The summed E-state index contributed by atoms with van der Waals surface area (Å²) in [5, 5.41) is 6.76. The maximum absolute atomic E-state index is 11.4. The summed E-state index contributed by atoms with van der Waals surface area (Å²) in [5.74, 6) is 0.945. The van der Waals surface area contributed by atoms with E-state index in [4.69, 9.17) is 9.25 Å². The number of fused-ring (bicyclic) bond motifs is 2. The first-order valence-electron chi connectivity index (χ1n) is 7.11. The fourth-order valence-corrected chi connectivity index (χ4v) is 2.86. The molecule has 0 saturated carbocycles. The van der Waals surface area contributed by atoms with Crippen molar-refractivity contribution in [3.63, 3.8) is 0 Å². The van der Waals surface area contributed by atoms with Gasteiger partial charge in [-0.05, 0) is 34.1 Å². The average molecular weight is 390 g/mol. The number of benzene rings is 1. The molecule has 4 rings (SSSR count). The number of carbonyl (C=O) groups excluding carboxylic acids is 1. The molecular weight excluding hydrogens is 378 g/mol. The predicted molar refractivity (Wildman–Crippen MR) is 90.3 cm³/mol. The monoisotopic (exact) mass is 389 g/mol. The van der Waals surface area contributed by atoms with E-state index in [-0.39, 0.29) is 12.5 Å². The van der Waals surface area contributed by atoms with Gasteiger partial charge in [0.05, 0.1) is 24.5 Å². The maximum atomic E-state index is 11.4. The standard InChI is InChI=1S/C16H12BrN3O4/c1-22-16(21)9-19-12-3-2-11(6-10(12)8-18-19)20-5-4-13-14(24-20)7-15(17)23-13/h2-8H,9H2,1H3. The zero-order chi connectivity index (χ0) is 16.7. The lowest BCUT2D eigenvalue weighted by Crippen LogP contribution is -2.22. The van der Waals surface area contributed by atoms with Crippen molar-refractivity contribution in [3.05, 3.63) is 47.1 Å². The summed E-state index contributed by atoms with van der Waals surface area (Å²) in [7, 11) is 1.36. The highest BCUT2D eigenvalue weighted by Crippen LogP contribution is 2.34. The summed E-state index contributed by atoms with van der Waals surface area (Å²) in [5.41, 5.74) is 1.68. The third-order valence-corrected chi connectivity index (χ3v) is 4.03. The number of hydrogen-bond donors (Lipinski definition) is 0. The summed E-state index contributed by atoms with van der Waals surface area (Å²) >= 11 is 3.28. The second kappa shape index (κ2) is 5.72. The molecule has 0 aliphatic carbocycles. The molecule has 1 aromatic carbocycles. The Morgan fingerprint density at radius 2 is 2.25 bits per heavy atom. The van der Waals surface area contributed by atoms with Crippen molar-refractivity contribution in [2.24, 2.45) is 0 Å². The third kappa shape index (κ3) is 2.54. The second-order valence-electron chi connectivity index (χ2n) is 5.13. The number of rotatable bonds is 3. The van der Waals surface area contributed by atoms with Gasteiger partial charge in [0.25, 0.3) is 0 Å². The van der Waals surface area contributed by atoms with Crippen LogP contribution in [0.2, 0.25) is 0 Å². The lowest BCUT2D eigenvalue weighted by atomic mass is 10.2. The molecule has 0 saturated heterocycles. The van der Waals surface area contributed by atoms with E-state index >= 15 is 0 Å². The van der Waals surface area contributed by atoms with Crippen molar-refractivity contribution in [2.45, 2.75) is 6.54 Å². The van der Waals surface area contributed by atoms with Crippen LogP contribution in [0.5, 0.6) is 5.75 Å². The topological polar surface area (TPSA) is 69.7 Å². The highest BCUT2D eigenvalue weighted by Gasteiger charge is 2.19. The number of halogens is 1. The molecule has 24 heavy (non-hydrogen) atoms. The minimum absolute atomic E-state index is 0.0753. The van der Waals surface area contributed by atoms with Crippen molar-refractivity contribution < 1.29 is 18.8 Å². The van der Waals surface area contributed by atoms with Crippen LogP contribution >= 0.6 is 15.9 Å². The van der Waals surface area contributed by atoms with Gasteiger partial charge in [-0.25, -0.2) is 0 Å². The second-order valence-corrected chi connectivity index (χ2v) is 5.91. The number of anilines is 1. The predicted octanol–water partition coefficient (Wildman–Crippen LogP) is 3.35. The Kier molecular flexibility index (Phi) is 3.53. The molecule has 2 aromatic heterocycles. The normalized spacial score (nSPS) is 13.0. The Morgan fingerprint density at radius 1 is 1.38 bits per heavy atom. The summed E-state index contributed by atoms with van der Waals surface area (Å²) in [6.07, 6.45) is 5.31. The van der Waals surface area contributed by atoms with Gasteiger partial charge in [0.15, 0.2) is 10.4 Å². The van der Waals surface area contributed by atoms with E-state index in [0.29, 0.717) is 16.2 Å². The molecule has 0 atom stereocenters. The van der Waals surface area contributed by atoms with Crippen LogP contribution in [-0.4, -0.2) is 22.9 Å². The number of methoxy groups -OCH3 is 1. The first-order chi connectivity index (χ1) is 11.6. The Morgan fingerprint density at radius 3 is 3.08 bits per heavy atom. The number of carbonyl (C=O) groups is 1. The maximum Gasteiger partial charge on any atom is 0.327 e. The van der Waals surface area contributed by atoms with Gasteiger partial charge in [-0.2, -0.15) is 10.2 Å². The molecule has 0 spiro atoms. The number of nitrogens with zero attached hydrogens (tertiary/aromatic N) is 3. The number of aromatic nitrogens is 2.